The van der Waals surface area contributed by atoms with E-state index in [1.165, 1.54) is 5.39 Å². The summed E-state index contributed by atoms with van der Waals surface area (Å²) in [6.07, 6.45) is 1.93. The zero-order valence-corrected chi connectivity index (χ0v) is 16.2. The highest BCUT2D eigenvalue weighted by molar-refractivity contribution is 7.17. The van der Waals surface area contributed by atoms with Gasteiger partial charge in [-0.25, -0.2) is 0 Å². The first-order chi connectivity index (χ1) is 12.6. The molecule has 2 aromatic heterocycles. The van der Waals surface area contributed by atoms with E-state index in [0.29, 0.717) is 6.54 Å². The van der Waals surface area contributed by atoms with Gasteiger partial charge in [0.2, 0.25) is 0 Å². The summed E-state index contributed by atoms with van der Waals surface area (Å²) in [5.74, 6) is 1.03. The van der Waals surface area contributed by atoms with Crippen LogP contribution in [0.15, 0.2) is 48.0 Å². The fourth-order valence-electron chi connectivity index (χ4n) is 3.37. The summed E-state index contributed by atoms with van der Waals surface area (Å²) >= 11 is 8.28. The van der Waals surface area contributed by atoms with E-state index in [-0.39, 0.29) is 5.92 Å². The first-order valence-electron chi connectivity index (χ1n) is 8.46. The summed E-state index contributed by atoms with van der Waals surface area (Å²) < 4.78 is 6.84. The van der Waals surface area contributed by atoms with Crippen LogP contribution in [0, 0.1) is 0 Å². The van der Waals surface area contributed by atoms with Crippen molar-refractivity contribution in [2.75, 3.05) is 13.7 Å². The van der Waals surface area contributed by atoms with Crippen LogP contribution in [0.5, 0.6) is 5.75 Å². The molecule has 0 aliphatic heterocycles. The number of aromatic nitrogens is 1. The summed E-state index contributed by atoms with van der Waals surface area (Å²) in [7, 11) is 1.69. The van der Waals surface area contributed by atoms with E-state index >= 15 is 0 Å². The number of nitrogens with two attached hydrogens (primary N) is 1. The third-order valence-corrected chi connectivity index (χ3v) is 6.00. The molecule has 1 atom stereocenters. The average Bonchev–Trinajstić information content (AvgIpc) is 3.15. The summed E-state index contributed by atoms with van der Waals surface area (Å²) in [4.78, 5) is 4.63. The normalized spacial score (nSPS) is 12.6. The minimum absolute atomic E-state index is 0.219. The van der Waals surface area contributed by atoms with Crippen molar-refractivity contribution >= 4 is 43.9 Å². The van der Waals surface area contributed by atoms with E-state index in [2.05, 4.69) is 35.5 Å². The second kappa shape index (κ2) is 6.88. The van der Waals surface area contributed by atoms with Crippen molar-refractivity contribution in [3.05, 3.63) is 58.6 Å². The molecule has 0 aliphatic carbocycles. The summed E-state index contributed by atoms with van der Waals surface area (Å²) in [6.45, 7) is 2.65. The molecule has 26 heavy (non-hydrogen) atoms. The predicted molar refractivity (Wildman–Crippen MR) is 112 cm³/mol. The molecule has 0 saturated heterocycles. The first kappa shape index (κ1) is 17.3. The maximum Gasteiger partial charge on any atom is 0.127 e. The molecule has 0 fully saturated rings. The fraction of sp³-hybridized carbons (Fsp3) is 0.190. The number of hydrogen-bond donors (Lipinski definition) is 1. The van der Waals surface area contributed by atoms with E-state index in [9.17, 15) is 0 Å². The number of rotatable bonds is 4. The molecule has 3 nitrogen and oxygen atoms in total. The second-order valence-electron chi connectivity index (χ2n) is 6.37. The van der Waals surface area contributed by atoms with Crippen LogP contribution in [-0.4, -0.2) is 18.6 Å². The van der Waals surface area contributed by atoms with Crippen LogP contribution >= 0.6 is 22.9 Å². The molecule has 5 heteroatoms. The van der Waals surface area contributed by atoms with E-state index in [0.717, 1.165) is 43.1 Å². The zero-order chi connectivity index (χ0) is 18.3. The van der Waals surface area contributed by atoms with Gasteiger partial charge in [0.1, 0.15) is 5.75 Å². The lowest BCUT2D eigenvalue weighted by Gasteiger charge is -2.16. The number of benzene rings is 2. The SMILES string of the molecule is COc1ccc2ncc3sccc3c2c1-c1ccc(C(C)CN)c(Cl)c1. The Balaban J connectivity index is 2.04. The molecule has 2 heterocycles. The zero-order valence-electron chi connectivity index (χ0n) is 14.6. The maximum absolute atomic E-state index is 6.59. The van der Waals surface area contributed by atoms with Crippen LogP contribution in [0.2, 0.25) is 5.02 Å². The van der Waals surface area contributed by atoms with Crippen LogP contribution in [0.3, 0.4) is 0 Å². The number of halogens is 1. The van der Waals surface area contributed by atoms with Crippen molar-refractivity contribution in [1.82, 2.24) is 4.98 Å². The summed E-state index contributed by atoms with van der Waals surface area (Å²) in [5.41, 5.74) is 9.86. The predicted octanol–water partition coefficient (Wildman–Crippen LogP) is 5.84. The van der Waals surface area contributed by atoms with Crippen LogP contribution in [-0.2, 0) is 0 Å². The van der Waals surface area contributed by atoms with Crippen molar-refractivity contribution in [3.63, 3.8) is 0 Å². The molecule has 0 bridgehead atoms. The average molecular weight is 383 g/mol. The second-order valence-corrected chi connectivity index (χ2v) is 7.72. The van der Waals surface area contributed by atoms with Crippen molar-refractivity contribution in [1.29, 1.82) is 0 Å². The lowest BCUT2D eigenvalue weighted by atomic mass is 9.94. The van der Waals surface area contributed by atoms with Crippen LogP contribution in [0.25, 0.3) is 32.1 Å². The maximum atomic E-state index is 6.59. The number of ether oxygens (including phenoxy) is 1. The minimum atomic E-state index is 0.219. The number of methoxy groups -OCH3 is 1. The monoisotopic (exact) mass is 382 g/mol. The Bertz CT molecular complexity index is 1110. The molecule has 132 valence electrons. The van der Waals surface area contributed by atoms with Crippen molar-refractivity contribution in [2.24, 2.45) is 5.73 Å². The molecule has 1 unspecified atom stereocenters. The topological polar surface area (TPSA) is 48.1 Å². The lowest BCUT2D eigenvalue weighted by molar-refractivity contribution is 0.417. The minimum Gasteiger partial charge on any atom is -0.496 e. The molecule has 0 saturated carbocycles. The van der Waals surface area contributed by atoms with Gasteiger partial charge in [-0.2, -0.15) is 0 Å². The lowest BCUT2D eigenvalue weighted by Crippen LogP contribution is -2.09. The van der Waals surface area contributed by atoms with Gasteiger partial charge in [0, 0.05) is 27.6 Å². The molecule has 0 spiro atoms. The largest absolute Gasteiger partial charge is 0.496 e. The number of hydrogen-bond acceptors (Lipinski definition) is 4. The Morgan fingerprint density at radius 2 is 2.08 bits per heavy atom. The molecule has 4 aromatic rings. The third-order valence-electron chi connectivity index (χ3n) is 4.82. The first-order valence-corrected chi connectivity index (χ1v) is 9.72. The molecule has 0 radical (unpaired) electrons. The number of nitrogens with zero attached hydrogens (tertiary/aromatic N) is 1. The quantitative estimate of drug-likeness (QED) is 0.482. The van der Waals surface area contributed by atoms with Crippen LogP contribution < -0.4 is 10.5 Å². The Hall–Kier alpha value is -2.14. The fourth-order valence-corrected chi connectivity index (χ4v) is 4.50. The molecular weight excluding hydrogens is 364 g/mol. The van der Waals surface area contributed by atoms with Crippen LogP contribution in [0.1, 0.15) is 18.4 Å². The third kappa shape index (κ3) is 2.75. The highest BCUT2D eigenvalue weighted by Gasteiger charge is 2.17. The number of thiophene rings is 1. The number of pyridine rings is 1. The van der Waals surface area contributed by atoms with Crippen LogP contribution in [0.4, 0.5) is 0 Å². The van der Waals surface area contributed by atoms with Crippen molar-refractivity contribution < 1.29 is 4.74 Å². The Kier molecular flexibility index (Phi) is 4.57. The van der Waals surface area contributed by atoms with Gasteiger partial charge < -0.3 is 10.5 Å². The Morgan fingerprint density at radius 3 is 2.81 bits per heavy atom. The summed E-state index contributed by atoms with van der Waals surface area (Å²) in [6, 6.07) is 12.3. The molecule has 4 rings (SSSR count). The van der Waals surface area contributed by atoms with Crippen molar-refractivity contribution in [2.45, 2.75) is 12.8 Å². The highest BCUT2D eigenvalue weighted by atomic mass is 35.5. The number of fused-ring (bicyclic) bond motifs is 3. The molecule has 2 aromatic carbocycles. The molecule has 0 aliphatic rings. The van der Waals surface area contributed by atoms with E-state index in [1.54, 1.807) is 18.4 Å². The van der Waals surface area contributed by atoms with Gasteiger partial charge in [0.15, 0.2) is 0 Å². The summed E-state index contributed by atoms with van der Waals surface area (Å²) in [5, 5.41) is 5.10. The van der Waals surface area contributed by atoms with Crippen molar-refractivity contribution in [3.8, 4) is 16.9 Å². The van der Waals surface area contributed by atoms with E-state index < -0.39 is 0 Å². The van der Waals surface area contributed by atoms with Gasteiger partial charge in [-0.1, -0.05) is 30.7 Å². The van der Waals surface area contributed by atoms with Gasteiger partial charge in [-0.15, -0.1) is 11.3 Å². The molecule has 0 amide bonds. The van der Waals surface area contributed by atoms with Gasteiger partial charge in [-0.3, -0.25) is 4.98 Å². The van der Waals surface area contributed by atoms with E-state index in [4.69, 9.17) is 22.1 Å². The van der Waals surface area contributed by atoms with Gasteiger partial charge in [-0.05, 0) is 53.2 Å². The van der Waals surface area contributed by atoms with E-state index in [1.807, 2.05) is 24.4 Å². The Labute approximate surface area is 161 Å². The molecule has 2 N–H and O–H groups in total. The van der Waals surface area contributed by atoms with Gasteiger partial charge in [0.25, 0.3) is 0 Å². The Morgan fingerprint density at radius 1 is 1.23 bits per heavy atom. The van der Waals surface area contributed by atoms with Gasteiger partial charge >= 0.3 is 0 Å². The smallest absolute Gasteiger partial charge is 0.127 e. The highest BCUT2D eigenvalue weighted by Crippen LogP contribution is 2.42. The standard InChI is InChI=1S/C21H19ClN2OS/c1-12(10-23)14-4-3-13(9-16(14)22)20-18(25-2)6-5-17-21(20)15-7-8-26-19(15)11-24-17/h3-9,11-12H,10,23H2,1-2H3. The van der Waals surface area contributed by atoms with Gasteiger partial charge in [0.05, 0.1) is 17.3 Å². The molecular formula is C21H19ClN2OS.